The van der Waals surface area contributed by atoms with Crippen LogP contribution >= 0.6 is 15.9 Å². The molecule has 1 unspecified atom stereocenters. The van der Waals surface area contributed by atoms with Crippen molar-refractivity contribution in [2.24, 2.45) is 5.73 Å². The van der Waals surface area contributed by atoms with Crippen LogP contribution in [0.2, 0.25) is 0 Å². The maximum Gasteiger partial charge on any atom is 0.241 e. The normalized spacial score (nSPS) is 12.3. The Kier molecular flexibility index (Phi) is 3.76. The van der Waals surface area contributed by atoms with Crippen molar-refractivity contribution in [3.05, 3.63) is 28.2 Å². The van der Waals surface area contributed by atoms with Crippen molar-refractivity contribution < 1.29 is 13.6 Å². The fourth-order valence-electron chi connectivity index (χ4n) is 0.899. The lowest BCUT2D eigenvalue weighted by Gasteiger charge is -2.10. The van der Waals surface area contributed by atoms with Gasteiger partial charge in [0.05, 0.1) is 11.7 Å². The lowest BCUT2D eigenvalue weighted by Crippen LogP contribution is -2.32. The summed E-state index contributed by atoms with van der Waals surface area (Å²) in [6.07, 6.45) is 0. The van der Waals surface area contributed by atoms with Crippen molar-refractivity contribution in [1.29, 1.82) is 0 Å². The highest BCUT2D eigenvalue weighted by atomic mass is 79.9. The maximum atomic E-state index is 13.2. The first-order valence-electron chi connectivity index (χ1n) is 4.13. The van der Waals surface area contributed by atoms with Crippen LogP contribution in [0.1, 0.15) is 6.92 Å². The quantitative estimate of drug-likeness (QED) is 0.870. The molecule has 1 aromatic rings. The van der Waals surface area contributed by atoms with Crippen LogP contribution < -0.4 is 11.1 Å². The lowest BCUT2D eigenvalue weighted by molar-refractivity contribution is -0.117. The zero-order chi connectivity index (χ0) is 11.6. The average molecular weight is 279 g/mol. The molecule has 0 aliphatic rings. The fourth-order valence-corrected chi connectivity index (χ4v) is 1.41. The van der Waals surface area contributed by atoms with Gasteiger partial charge < -0.3 is 11.1 Å². The second-order valence-electron chi connectivity index (χ2n) is 3.02. The van der Waals surface area contributed by atoms with E-state index in [1.807, 2.05) is 0 Å². The monoisotopic (exact) mass is 278 g/mol. The number of amides is 1. The zero-order valence-corrected chi connectivity index (χ0v) is 9.44. The molecule has 15 heavy (non-hydrogen) atoms. The van der Waals surface area contributed by atoms with Gasteiger partial charge in [-0.15, -0.1) is 0 Å². The van der Waals surface area contributed by atoms with Gasteiger partial charge in [-0.3, -0.25) is 4.79 Å². The van der Waals surface area contributed by atoms with Crippen molar-refractivity contribution in [1.82, 2.24) is 0 Å². The fraction of sp³-hybridized carbons (Fsp3) is 0.222. The summed E-state index contributed by atoms with van der Waals surface area (Å²) in [4.78, 5) is 11.2. The zero-order valence-electron chi connectivity index (χ0n) is 7.85. The van der Waals surface area contributed by atoms with Gasteiger partial charge in [-0.25, -0.2) is 8.78 Å². The number of benzene rings is 1. The third-order valence-corrected chi connectivity index (χ3v) is 2.29. The summed E-state index contributed by atoms with van der Waals surface area (Å²) in [5.41, 5.74) is 5.18. The second kappa shape index (κ2) is 4.67. The van der Waals surface area contributed by atoms with Crippen molar-refractivity contribution in [2.75, 3.05) is 5.32 Å². The van der Waals surface area contributed by atoms with E-state index in [4.69, 9.17) is 5.73 Å². The van der Waals surface area contributed by atoms with Gasteiger partial charge in [-0.1, -0.05) is 0 Å². The van der Waals surface area contributed by atoms with Crippen LogP contribution in [-0.4, -0.2) is 11.9 Å². The van der Waals surface area contributed by atoms with Crippen LogP contribution in [0.4, 0.5) is 14.5 Å². The van der Waals surface area contributed by atoms with E-state index in [2.05, 4.69) is 21.2 Å². The molecule has 0 fully saturated rings. The molecule has 3 N–H and O–H groups in total. The number of nitrogens with one attached hydrogen (secondary N) is 1. The van der Waals surface area contributed by atoms with Gasteiger partial charge in [0, 0.05) is 10.5 Å². The molecule has 1 aromatic carbocycles. The molecular formula is C9H9BrF2N2O. The lowest BCUT2D eigenvalue weighted by atomic mass is 10.2. The SMILES string of the molecule is CC(N)C(=O)Nc1c(F)cc(F)cc1Br. The molecule has 1 atom stereocenters. The first-order valence-corrected chi connectivity index (χ1v) is 4.92. The molecule has 1 rings (SSSR count). The Morgan fingerprint density at radius 2 is 2.13 bits per heavy atom. The molecule has 82 valence electrons. The predicted octanol–water partition coefficient (Wildman–Crippen LogP) is 2.01. The summed E-state index contributed by atoms with van der Waals surface area (Å²) in [5.74, 6) is -2.12. The molecule has 0 radical (unpaired) electrons. The third kappa shape index (κ3) is 2.97. The van der Waals surface area contributed by atoms with Crippen LogP contribution in [0.3, 0.4) is 0 Å². The molecule has 0 aliphatic carbocycles. The van der Waals surface area contributed by atoms with E-state index in [0.29, 0.717) is 6.07 Å². The van der Waals surface area contributed by atoms with Gasteiger partial charge in [0.25, 0.3) is 0 Å². The van der Waals surface area contributed by atoms with Crippen LogP contribution in [-0.2, 0) is 4.79 Å². The molecular weight excluding hydrogens is 270 g/mol. The standard InChI is InChI=1S/C9H9BrF2N2O/c1-4(13)9(15)14-8-6(10)2-5(11)3-7(8)12/h2-4H,13H2,1H3,(H,14,15). The minimum atomic E-state index is -0.851. The number of carbonyl (C=O) groups is 1. The predicted molar refractivity (Wildman–Crippen MR) is 56.3 cm³/mol. The Bertz CT molecular complexity index is 373. The molecule has 0 aliphatic heterocycles. The van der Waals surface area contributed by atoms with Crippen LogP contribution in [0.25, 0.3) is 0 Å². The van der Waals surface area contributed by atoms with E-state index < -0.39 is 23.6 Å². The number of hydrogen-bond donors (Lipinski definition) is 2. The largest absolute Gasteiger partial charge is 0.321 e. The van der Waals surface area contributed by atoms with Gasteiger partial charge in [0.15, 0.2) is 5.82 Å². The summed E-state index contributed by atoms with van der Waals surface area (Å²) >= 11 is 2.94. The molecule has 0 saturated carbocycles. The van der Waals surface area contributed by atoms with Crippen LogP contribution in [0.5, 0.6) is 0 Å². The summed E-state index contributed by atoms with van der Waals surface area (Å²) in [7, 11) is 0. The average Bonchev–Trinajstić information content (AvgIpc) is 2.10. The maximum absolute atomic E-state index is 13.2. The summed E-state index contributed by atoms with van der Waals surface area (Å²) in [6, 6.07) is 0.975. The number of nitrogens with two attached hydrogens (primary N) is 1. The van der Waals surface area contributed by atoms with Gasteiger partial charge in [-0.05, 0) is 28.9 Å². The number of rotatable bonds is 2. The van der Waals surface area contributed by atoms with E-state index in [1.54, 1.807) is 0 Å². The smallest absolute Gasteiger partial charge is 0.241 e. The highest BCUT2D eigenvalue weighted by molar-refractivity contribution is 9.10. The van der Waals surface area contributed by atoms with E-state index >= 15 is 0 Å². The Morgan fingerprint density at radius 3 is 2.60 bits per heavy atom. The van der Waals surface area contributed by atoms with Crippen LogP contribution in [0.15, 0.2) is 16.6 Å². The number of carbonyl (C=O) groups excluding carboxylic acids is 1. The summed E-state index contributed by atoms with van der Waals surface area (Å²) < 4.78 is 26.0. The molecule has 0 bridgehead atoms. The molecule has 0 spiro atoms. The Labute approximate surface area is 93.8 Å². The number of halogens is 3. The van der Waals surface area contributed by atoms with Gasteiger partial charge in [-0.2, -0.15) is 0 Å². The van der Waals surface area contributed by atoms with Crippen molar-refractivity contribution in [3.63, 3.8) is 0 Å². The Balaban J connectivity index is 3.00. The van der Waals surface area contributed by atoms with Gasteiger partial charge in [0.2, 0.25) is 5.91 Å². The minimum absolute atomic E-state index is 0.112. The van der Waals surface area contributed by atoms with Crippen LogP contribution in [0, 0.1) is 11.6 Å². The van der Waals surface area contributed by atoms with Crippen molar-refractivity contribution in [3.8, 4) is 0 Å². The van der Waals surface area contributed by atoms with Crippen molar-refractivity contribution in [2.45, 2.75) is 13.0 Å². The molecule has 1 amide bonds. The number of hydrogen-bond acceptors (Lipinski definition) is 2. The van der Waals surface area contributed by atoms with E-state index in [1.165, 1.54) is 6.92 Å². The van der Waals surface area contributed by atoms with Crippen molar-refractivity contribution >= 4 is 27.5 Å². The van der Waals surface area contributed by atoms with E-state index in [0.717, 1.165) is 6.07 Å². The molecule has 0 aromatic heterocycles. The topological polar surface area (TPSA) is 55.1 Å². The number of anilines is 1. The van der Waals surface area contributed by atoms with Gasteiger partial charge in [0.1, 0.15) is 5.82 Å². The molecule has 3 nitrogen and oxygen atoms in total. The van der Waals surface area contributed by atoms with E-state index in [9.17, 15) is 13.6 Å². The minimum Gasteiger partial charge on any atom is -0.321 e. The molecule has 0 heterocycles. The van der Waals surface area contributed by atoms with E-state index in [-0.39, 0.29) is 10.2 Å². The van der Waals surface area contributed by atoms with Gasteiger partial charge >= 0.3 is 0 Å². The highest BCUT2D eigenvalue weighted by Crippen LogP contribution is 2.26. The highest BCUT2D eigenvalue weighted by Gasteiger charge is 2.14. The third-order valence-electron chi connectivity index (χ3n) is 1.67. The molecule has 0 saturated heterocycles. The second-order valence-corrected chi connectivity index (χ2v) is 3.88. The first-order chi connectivity index (χ1) is 6.91. The molecule has 6 heteroatoms. The summed E-state index contributed by atoms with van der Waals surface area (Å²) in [5, 5.41) is 2.25. The first kappa shape index (κ1) is 12.1. The summed E-state index contributed by atoms with van der Waals surface area (Å²) in [6.45, 7) is 1.46. The Hall–Kier alpha value is -1.01. The Morgan fingerprint density at radius 1 is 1.53 bits per heavy atom.